The van der Waals surface area contributed by atoms with Crippen LogP contribution in [-0.2, 0) is 9.53 Å². The first kappa shape index (κ1) is 21.6. The molecule has 0 saturated carbocycles. The van der Waals surface area contributed by atoms with Crippen molar-refractivity contribution in [2.75, 3.05) is 33.9 Å². The van der Waals surface area contributed by atoms with Gasteiger partial charge in [0.25, 0.3) is 0 Å². The second kappa shape index (κ2) is 13.3. The summed E-state index contributed by atoms with van der Waals surface area (Å²) >= 11 is 0. The molecule has 0 aromatic heterocycles. The minimum Gasteiger partial charge on any atom is -0.457 e. The Balaban J connectivity index is 0. The van der Waals surface area contributed by atoms with Gasteiger partial charge >= 0.3 is 5.97 Å². The van der Waals surface area contributed by atoms with Gasteiger partial charge in [0.1, 0.15) is 12.2 Å². The van der Waals surface area contributed by atoms with Gasteiger partial charge in [-0.15, -0.1) is 0 Å². The van der Waals surface area contributed by atoms with Crippen LogP contribution in [0, 0.1) is 0 Å². The molecule has 122 valence electrons. The summed E-state index contributed by atoms with van der Waals surface area (Å²) in [4.78, 5) is 13.4. The lowest BCUT2D eigenvalue weighted by Gasteiger charge is -2.25. The van der Waals surface area contributed by atoms with Gasteiger partial charge in [-0.3, -0.25) is 4.79 Å². The van der Waals surface area contributed by atoms with Crippen molar-refractivity contribution in [3.8, 4) is 0 Å². The average Bonchev–Trinajstić information content (AvgIpc) is 2.44. The molecule has 0 bridgehead atoms. The first-order valence-electron chi connectivity index (χ1n) is 6.84. The van der Waals surface area contributed by atoms with Crippen molar-refractivity contribution in [2.24, 2.45) is 0 Å². The molecule has 0 heterocycles. The largest absolute Gasteiger partial charge is 0.457 e. The van der Waals surface area contributed by atoms with Crippen molar-refractivity contribution < 1.29 is 30.0 Å². The fourth-order valence-electron chi connectivity index (χ4n) is 1.37. The molecule has 0 saturated heterocycles. The maximum Gasteiger partial charge on any atom is 0.306 e. The number of aliphatic hydroxyl groups is 4. The Hall–Kier alpha value is -0.730. The standard InChI is InChI=1S/C11H23NO6.C2H6/c1-12(2)5-3-4-10(17)18-11(8(15)6-13)9(16)7-14;1-2/h8-9,11,13-16H,3-7H2,1-2H3;1-2H3. The van der Waals surface area contributed by atoms with Crippen molar-refractivity contribution in [3.05, 3.63) is 0 Å². The zero-order valence-electron chi connectivity index (χ0n) is 12.8. The summed E-state index contributed by atoms with van der Waals surface area (Å²) < 4.78 is 4.86. The second-order valence-corrected chi connectivity index (χ2v) is 4.36. The molecule has 0 aliphatic heterocycles. The first-order chi connectivity index (χ1) is 9.42. The van der Waals surface area contributed by atoms with E-state index in [1.165, 1.54) is 0 Å². The molecule has 7 heteroatoms. The fourth-order valence-corrected chi connectivity index (χ4v) is 1.37. The molecule has 0 fully saturated rings. The van der Waals surface area contributed by atoms with Gasteiger partial charge in [-0.25, -0.2) is 0 Å². The number of hydrogen-bond acceptors (Lipinski definition) is 7. The van der Waals surface area contributed by atoms with E-state index in [1.54, 1.807) is 0 Å². The van der Waals surface area contributed by atoms with Crippen LogP contribution in [0.25, 0.3) is 0 Å². The van der Waals surface area contributed by atoms with Gasteiger partial charge in [0.2, 0.25) is 0 Å². The van der Waals surface area contributed by atoms with E-state index in [-0.39, 0.29) is 6.42 Å². The van der Waals surface area contributed by atoms with Crippen molar-refractivity contribution in [1.82, 2.24) is 4.90 Å². The number of rotatable bonds is 9. The van der Waals surface area contributed by atoms with Gasteiger partial charge in [-0.05, 0) is 27.1 Å². The van der Waals surface area contributed by atoms with E-state index in [2.05, 4.69) is 0 Å². The molecular weight excluding hydrogens is 266 g/mol. The molecule has 0 aliphatic rings. The van der Waals surface area contributed by atoms with E-state index >= 15 is 0 Å². The van der Waals surface area contributed by atoms with Crippen LogP contribution in [0.2, 0.25) is 0 Å². The molecule has 2 atom stereocenters. The van der Waals surface area contributed by atoms with Crippen molar-refractivity contribution in [3.63, 3.8) is 0 Å². The van der Waals surface area contributed by atoms with Gasteiger partial charge in [-0.2, -0.15) is 0 Å². The molecule has 0 radical (unpaired) electrons. The Kier molecular flexibility index (Phi) is 14.3. The SMILES string of the molecule is CC.CN(C)CCCC(=O)OC(C(O)CO)C(O)CO. The molecule has 20 heavy (non-hydrogen) atoms. The summed E-state index contributed by atoms with van der Waals surface area (Å²) in [5.41, 5.74) is 0. The maximum atomic E-state index is 11.4. The van der Waals surface area contributed by atoms with Crippen LogP contribution >= 0.6 is 0 Å². The summed E-state index contributed by atoms with van der Waals surface area (Å²) in [5.74, 6) is -0.582. The predicted molar refractivity (Wildman–Crippen MR) is 75.2 cm³/mol. The maximum absolute atomic E-state index is 11.4. The van der Waals surface area contributed by atoms with Gasteiger partial charge in [0.15, 0.2) is 6.10 Å². The molecule has 7 nitrogen and oxygen atoms in total. The molecule has 0 aliphatic carbocycles. The molecule has 2 unspecified atom stereocenters. The van der Waals surface area contributed by atoms with E-state index < -0.39 is 37.5 Å². The lowest BCUT2D eigenvalue weighted by atomic mass is 10.1. The summed E-state index contributed by atoms with van der Waals surface area (Å²) in [7, 11) is 3.75. The topological polar surface area (TPSA) is 110 Å². The lowest BCUT2D eigenvalue weighted by molar-refractivity contribution is -0.169. The Labute approximate surface area is 120 Å². The van der Waals surface area contributed by atoms with E-state index in [0.29, 0.717) is 13.0 Å². The summed E-state index contributed by atoms with van der Waals surface area (Å²) in [5, 5.41) is 36.3. The summed E-state index contributed by atoms with van der Waals surface area (Å²) in [6, 6.07) is 0. The molecule has 0 aromatic rings. The van der Waals surface area contributed by atoms with Crippen molar-refractivity contribution in [2.45, 2.75) is 45.0 Å². The number of nitrogens with zero attached hydrogens (tertiary/aromatic N) is 1. The number of aliphatic hydroxyl groups excluding tert-OH is 4. The zero-order valence-corrected chi connectivity index (χ0v) is 12.8. The Morgan fingerprint density at radius 1 is 1.10 bits per heavy atom. The highest BCUT2D eigenvalue weighted by molar-refractivity contribution is 5.69. The van der Waals surface area contributed by atoms with E-state index in [4.69, 9.17) is 14.9 Å². The third-order valence-electron chi connectivity index (χ3n) is 2.39. The average molecular weight is 295 g/mol. The number of carbonyl (C=O) groups excluding carboxylic acids is 1. The van der Waals surface area contributed by atoms with Crippen LogP contribution < -0.4 is 0 Å². The number of esters is 1. The molecule has 0 amide bonds. The summed E-state index contributed by atoms with van der Waals surface area (Å²) in [6.07, 6.45) is -3.41. The van der Waals surface area contributed by atoms with Crippen LogP contribution in [0.1, 0.15) is 26.7 Å². The van der Waals surface area contributed by atoms with Crippen LogP contribution in [0.3, 0.4) is 0 Å². The van der Waals surface area contributed by atoms with Crippen molar-refractivity contribution >= 4 is 5.97 Å². The van der Waals surface area contributed by atoms with Gasteiger partial charge in [0, 0.05) is 6.42 Å². The minimum absolute atomic E-state index is 0.144. The van der Waals surface area contributed by atoms with E-state index in [0.717, 1.165) is 0 Å². The second-order valence-electron chi connectivity index (χ2n) is 4.36. The Morgan fingerprint density at radius 2 is 1.55 bits per heavy atom. The third-order valence-corrected chi connectivity index (χ3v) is 2.39. The van der Waals surface area contributed by atoms with Gasteiger partial charge < -0.3 is 30.1 Å². The number of ether oxygens (including phenoxy) is 1. The first-order valence-corrected chi connectivity index (χ1v) is 6.84. The van der Waals surface area contributed by atoms with Crippen LogP contribution in [0.5, 0.6) is 0 Å². The van der Waals surface area contributed by atoms with Crippen LogP contribution in [-0.4, -0.2) is 83.5 Å². The Bertz CT molecular complexity index is 227. The monoisotopic (exact) mass is 295 g/mol. The lowest BCUT2D eigenvalue weighted by Crippen LogP contribution is -2.44. The zero-order chi connectivity index (χ0) is 16.1. The molecule has 0 aromatic carbocycles. The van der Waals surface area contributed by atoms with Gasteiger partial charge in [0.05, 0.1) is 13.2 Å². The highest BCUT2D eigenvalue weighted by Crippen LogP contribution is 2.08. The highest BCUT2D eigenvalue weighted by atomic mass is 16.6. The van der Waals surface area contributed by atoms with Gasteiger partial charge in [-0.1, -0.05) is 13.8 Å². The molecular formula is C13H29NO6. The molecule has 0 spiro atoms. The molecule has 4 N–H and O–H groups in total. The smallest absolute Gasteiger partial charge is 0.306 e. The Morgan fingerprint density at radius 3 is 1.90 bits per heavy atom. The predicted octanol–water partition coefficient (Wildman–Crippen LogP) is -1.03. The third kappa shape index (κ3) is 10.1. The van der Waals surface area contributed by atoms with E-state index in [1.807, 2.05) is 32.8 Å². The van der Waals surface area contributed by atoms with Crippen LogP contribution in [0.4, 0.5) is 0 Å². The van der Waals surface area contributed by atoms with Crippen molar-refractivity contribution in [1.29, 1.82) is 0 Å². The normalized spacial score (nSPS) is 15.1. The summed E-state index contributed by atoms with van der Waals surface area (Å²) in [6.45, 7) is 3.39. The van der Waals surface area contributed by atoms with E-state index in [9.17, 15) is 15.0 Å². The molecule has 0 rings (SSSR count). The van der Waals surface area contributed by atoms with Crippen LogP contribution in [0.15, 0.2) is 0 Å². The number of hydrogen-bond donors (Lipinski definition) is 4. The minimum atomic E-state index is -1.41. The fraction of sp³-hybridized carbons (Fsp3) is 0.923. The quantitative estimate of drug-likeness (QED) is 0.403. The number of carbonyl (C=O) groups is 1. The highest BCUT2D eigenvalue weighted by Gasteiger charge is 2.29.